The first kappa shape index (κ1) is 28.8. The maximum Gasteiger partial charge on any atom is 0.426 e. The first-order chi connectivity index (χ1) is 18.9. The second kappa shape index (κ2) is 11.5. The van der Waals surface area contributed by atoms with Crippen molar-refractivity contribution in [3.05, 3.63) is 90.5 Å². The van der Waals surface area contributed by atoms with Crippen molar-refractivity contribution in [1.82, 2.24) is 25.2 Å². The lowest BCUT2D eigenvalue weighted by Gasteiger charge is -2.42. The van der Waals surface area contributed by atoms with Gasteiger partial charge in [0.1, 0.15) is 35.5 Å². The van der Waals surface area contributed by atoms with Crippen molar-refractivity contribution < 1.29 is 23.4 Å². The number of hydrazine groups is 1. The zero-order chi connectivity index (χ0) is 29.1. The Bertz CT molecular complexity index is 1510. The Morgan fingerprint density at radius 3 is 2.55 bits per heavy atom. The van der Waals surface area contributed by atoms with Crippen molar-refractivity contribution in [2.45, 2.75) is 51.5 Å². The Balaban J connectivity index is 1.77. The molecule has 0 radical (unpaired) electrons. The molecule has 1 aromatic heterocycles. The van der Waals surface area contributed by atoms with Gasteiger partial charge in [0, 0.05) is 22.7 Å². The second-order valence-corrected chi connectivity index (χ2v) is 10.6. The number of rotatable bonds is 6. The quantitative estimate of drug-likeness (QED) is 0.217. The van der Waals surface area contributed by atoms with E-state index in [-0.39, 0.29) is 17.2 Å². The Hall–Kier alpha value is -4.16. The summed E-state index contributed by atoms with van der Waals surface area (Å²) in [6, 6.07) is 14.9. The number of halogens is 2. The molecule has 12 heteroatoms. The van der Waals surface area contributed by atoms with Crippen LogP contribution in [0.4, 0.5) is 19.3 Å². The molecule has 0 aliphatic rings. The number of nitrogens with one attached hydrogen (secondary N) is 2. The Morgan fingerprint density at radius 2 is 1.88 bits per heavy atom. The van der Waals surface area contributed by atoms with Crippen molar-refractivity contribution >= 4 is 39.9 Å². The van der Waals surface area contributed by atoms with E-state index in [2.05, 4.69) is 20.8 Å². The number of anilines is 1. The molecular weight excluding hydrogens is 538 g/mol. The van der Waals surface area contributed by atoms with Gasteiger partial charge in [0.25, 0.3) is 0 Å². The average Bonchev–Trinajstić information content (AvgIpc) is 3.38. The van der Waals surface area contributed by atoms with Gasteiger partial charge in [0.15, 0.2) is 5.11 Å². The van der Waals surface area contributed by atoms with E-state index >= 15 is 4.39 Å². The van der Waals surface area contributed by atoms with Crippen LogP contribution in [0.25, 0.3) is 10.8 Å². The van der Waals surface area contributed by atoms with Gasteiger partial charge in [-0.05, 0) is 57.4 Å². The van der Waals surface area contributed by atoms with Gasteiger partial charge < -0.3 is 15.2 Å². The summed E-state index contributed by atoms with van der Waals surface area (Å²) in [5, 5.41) is 22.3. The van der Waals surface area contributed by atoms with Gasteiger partial charge in [-0.25, -0.2) is 28.7 Å². The molecule has 3 N–H and O–H groups in total. The van der Waals surface area contributed by atoms with Crippen molar-refractivity contribution in [3.8, 4) is 0 Å². The maximum atomic E-state index is 15.2. The summed E-state index contributed by atoms with van der Waals surface area (Å²) < 4.78 is 35.8. The largest absolute Gasteiger partial charge is 0.443 e. The molecular formula is C28H30F2N6O3S. The molecule has 1 heterocycles. The number of hydrogen-bond donors (Lipinski definition) is 3. The number of carbonyl (C=O) groups is 1. The highest BCUT2D eigenvalue weighted by Gasteiger charge is 2.44. The summed E-state index contributed by atoms with van der Waals surface area (Å²) in [5.74, 6) is -1.80. The van der Waals surface area contributed by atoms with Crippen LogP contribution in [0.3, 0.4) is 0 Å². The van der Waals surface area contributed by atoms with Gasteiger partial charge in [-0.1, -0.05) is 42.5 Å². The Labute approximate surface area is 235 Å². The molecule has 0 spiro atoms. The van der Waals surface area contributed by atoms with Crippen molar-refractivity contribution in [2.24, 2.45) is 0 Å². The number of thiocarbonyl (C=S) groups is 1. The number of benzene rings is 3. The molecule has 0 aliphatic heterocycles. The van der Waals surface area contributed by atoms with E-state index in [4.69, 9.17) is 17.0 Å². The zero-order valence-electron chi connectivity index (χ0n) is 22.4. The molecule has 9 nitrogen and oxygen atoms in total. The number of aromatic nitrogens is 3. The van der Waals surface area contributed by atoms with E-state index in [0.29, 0.717) is 11.8 Å². The molecule has 0 saturated heterocycles. The predicted octanol–water partition coefficient (Wildman–Crippen LogP) is 5.12. The molecule has 2 atom stereocenters. The fourth-order valence-corrected chi connectivity index (χ4v) is 4.60. The monoisotopic (exact) mass is 568 g/mol. The molecule has 210 valence electrons. The molecule has 0 unspecified atom stereocenters. The lowest BCUT2D eigenvalue weighted by Crippen LogP contribution is -2.61. The average molecular weight is 569 g/mol. The van der Waals surface area contributed by atoms with E-state index in [9.17, 15) is 14.3 Å². The van der Waals surface area contributed by atoms with E-state index in [0.717, 1.165) is 22.9 Å². The summed E-state index contributed by atoms with van der Waals surface area (Å²) in [6.07, 6.45) is 1.75. The van der Waals surface area contributed by atoms with Crippen LogP contribution in [0, 0.1) is 11.6 Å². The standard InChI is InChI=1S/C28H30F2N6O3S/c1-18(28(38,15-35-17-31-16-32-35)22-13-12-20(29)14-23(22)30)36(34-26(37)39-27(2,3)4)25(40)33-24-11-7-9-19-8-5-6-10-21(19)24/h5-14,16-18,38H,15H2,1-4H3,(H,33,40)(H,34,37)/t18-,28-/m1/s1. The summed E-state index contributed by atoms with van der Waals surface area (Å²) in [5.41, 5.74) is 0.0470. The zero-order valence-corrected chi connectivity index (χ0v) is 23.2. The van der Waals surface area contributed by atoms with Crippen LogP contribution in [0.15, 0.2) is 73.3 Å². The number of ether oxygens (including phenoxy) is 1. The van der Waals surface area contributed by atoms with Gasteiger partial charge in [-0.2, -0.15) is 5.10 Å². The van der Waals surface area contributed by atoms with Crippen LogP contribution < -0.4 is 10.7 Å². The number of carbonyl (C=O) groups excluding carboxylic acids is 1. The third-order valence-corrected chi connectivity index (χ3v) is 6.51. The van der Waals surface area contributed by atoms with Crippen LogP contribution >= 0.6 is 12.2 Å². The minimum Gasteiger partial charge on any atom is -0.443 e. The maximum absolute atomic E-state index is 15.2. The van der Waals surface area contributed by atoms with Crippen molar-refractivity contribution in [1.29, 1.82) is 0 Å². The smallest absolute Gasteiger partial charge is 0.426 e. The van der Waals surface area contributed by atoms with E-state index < -0.39 is 35.0 Å². The van der Waals surface area contributed by atoms with Gasteiger partial charge in [0.05, 0.1) is 12.6 Å². The normalized spacial score (nSPS) is 13.8. The molecule has 40 heavy (non-hydrogen) atoms. The van der Waals surface area contributed by atoms with E-state index in [1.165, 1.54) is 29.3 Å². The summed E-state index contributed by atoms with van der Waals surface area (Å²) in [6.45, 7) is 6.32. The van der Waals surface area contributed by atoms with Gasteiger partial charge in [-0.3, -0.25) is 5.01 Å². The predicted molar refractivity (Wildman–Crippen MR) is 151 cm³/mol. The first-order valence-electron chi connectivity index (χ1n) is 12.5. The molecule has 0 bridgehead atoms. The fourth-order valence-electron chi connectivity index (χ4n) is 4.29. The van der Waals surface area contributed by atoms with Gasteiger partial charge >= 0.3 is 6.09 Å². The van der Waals surface area contributed by atoms with Crippen LogP contribution in [-0.4, -0.2) is 47.7 Å². The second-order valence-electron chi connectivity index (χ2n) is 10.3. The molecule has 3 aromatic carbocycles. The molecule has 0 fully saturated rings. The third kappa shape index (κ3) is 6.52. The summed E-state index contributed by atoms with van der Waals surface area (Å²) in [7, 11) is 0. The van der Waals surface area contributed by atoms with E-state index in [1.807, 2.05) is 42.5 Å². The first-order valence-corrected chi connectivity index (χ1v) is 12.9. The molecule has 4 aromatic rings. The SMILES string of the molecule is C[C@@H](N(NC(=O)OC(C)(C)C)C(=S)Nc1cccc2ccccc12)[C@](O)(Cn1cncn1)c1ccc(F)cc1F. The number of fused-ring (bicyclic) bond motifs is 1. The van der Waals surface area contributed by atoms with Crippen molar-refractivity contribution in [3.63, 3.8) is 0 Å². The fraction of sp³-hybridized carbons (Fsp3) is 0.286. The lowest BCUT2D eigenvalue weighted by molar-refractivity contribution is -0.0574. The number of aliphatic hydroxyl groups is 1. The van der Waals surface area contributed by atoms with Crippen LogP contribution in [0.5, 0.6) is 0 Å². The number of hydrogen-bond acceptors (Lipinski definition) is 6. The summed E-state index contributed by atoms with van der Waals surface area (Å²) >= 11 is 5.72. The molecule has 0 aliphatic carbocycles. The highest BCUT2D eigenvalue weighted by atomic mass is 32.1. The van der Waals surface area contributed by atoms with Gasteiger partial charge in [-0.15, -0.1) is 0 Å². The van der Waals surface area contributed by atoms with Crippen LogP contribution in [0.2, 0.25) is 0 Å². The minimum absolute atomic E-state index is 0.0192. The minimum atomic E-state index is -2.11. The Morgan fingerprint density at radius 1 is 1.15 bits per heavy atom. The number of nitrogens with zero attached hydrogens (tertiary/aromatic N) is 4. The highest BCUT2D eigenvalue weighted by molar-refractivity contribution is 7.80. The van der Waals surface area contributed by atoms with Gasteiger partial charge in [0.2, 0.25) is 0 Å². The molecule has 1 amide bonds. The lowest BCUT2D eigenvalue weighted by atomic mass is 9.86. The highest BCUT2D eigenvalue weighted by Crippen LogP contribution is 2.33. The number of amides is 1. The topological polar surface area (TPSA) is 105 Å². The van der Waals surface area contributed by atoms with E-state index in [1.54, 1.807) is 20.8 Å². The molecule has 0 saturated carbocycles. The van der Waals surface area contributed by atoms with Crippen LogP contribution in [-0.2, 0) is 16.9 Å². The summed E-state index contributed by atoms with van der Waals surface area (Å²) in [4.78, 5) is 16.8. The Kier molecular flexibility index (Phi) is 8.31. The van der Waals surface area contributed by atoms with Crippen molar-refractivity contribution in [2.75, 3.05) is 5.32 Å². The third-order valence-electron chi connectivity index (χ3n) is 6.21. The van der Waals surface area contributed by atoms with Crippen LogP contribution in [0.1, 0.15) is 33.3 Å². The molecule has 4 rings (SSSR count).